The SMILES string of the molecule is O=C(O)C1=C(C(=O)O)SC(=C2SC3=C(SCCCS3)S2)S1. The van der Waals surface area contributed by atoms with Crippen molar-refractivity contribution in [2.24, 2.45) is 0 Å². The molecule has 3 heterocycles. The Morgan fingerprint density at radius 3 is 1.57 bits per heavy atom. The van der Waals surface area contributed by atoms with Gasteiger partial charge in [0.15, 0.2) is 0 Å². The maximum atomic E-state index is 11.2. The Balaban J connectivity index is 1.82. The van der Waals surface area contributed by atoms with Gasteiger partial charge in [-0.1, -0.05) is 47.0 Å². The fourth-order valence-electron chi connectivity index (χ4n) is 1.59. The van der Waals surface area contributed by atoms with Gasteiger partial charge < -0.3 is 10.2 Å². The first-order valence-electron chi connectivity index (χ1n) is 5.72. The first-order valence-corrected chi connectivity index (χ1v) is 11.0. The van der Waals surface area contributed by atoms with E-state index in [1.54, 1.807) is 23.5 Å². The number of carbonyl (C=O) groups is 2. The maximum absolute atomic E-state index is 11.2. The summed E-state index contributed by atoms with van der Waals surface area (Å²) in [6.07, 6.45) is 1.19. The van der Waals surface area contributed by atoms with E-state index >= 15 is 0 Å². The average Bonchev–Trinajstić information content (AvgIpc) is 2.98. The molecule has 112 valence electrons. The minimum atomic E-state index is -1.17. The van der Waals surface area contributed by atoms with Crippen molar-refractivity contribution in [1.29, 1.82) is 0 Å². The molecule has 0 aliphatic carbocycles. The predicted molar refractivity (Wildman–Crippen MR) is 96.2 cm³/mol. The van der Waals surface area contributed by atoms with Crippen LogP contribution >= 0.6 is 70.6 Å². The van der Waals surface area contributed by atoms with E-state index in [0.717, 1.165) is 43.5 Å². The van der Waals surface area contributed by atoms with Gasteiger partial charge in [0.05, 0.1) is 16.9 Å². The highest BCUT2D eigenvalue weighted by atomic mass is 32.3. The second kappa shape index (κ2) is 6.79. The standard InChI is InChI=1S/C11H8O4S6/c12-6(13)4-5(7(14)15)19-10(18-4)11-20-8-9(21-11)17-3-1-2-16-8/h1-3H2,(H,12,13)(H,14,15). The van der Waals surface area contributed by atoms with Gasteiger partial charge in [0.25, 0.3) is 0 Å². The van der Waals surface area contributed by atoms with Crippen molar-refractivity contribution in [2.75, 3.05) is 11.5 Å². The third-order valence-corrected chi connectivity index (χ3v) is 11.2. The van der Waals surface area contributed by atoms with Crippen LogP contribution in [0.3, 0.4) is 0 Å². The molecular formula is C11H8O4S6. The number of carboxylic acids is 2. The fourth-order valence-corrected chi connectivity index (χ4v) is 10.3. The van der Waals surface area contributed by atoms with E-state index in [-0.39, 0.29) is 9.81 Å². The van der Waals surface area contributed by atoms with Crippen LogP contribution in [0.25, 0.3) is 0 Å². The number of aliphatic carboxylic acids is 2. The van der Waals surface area contributed by atoms with Crippen molar-refractivity contribution in [3.8, 4) is 0 Å². The van der Waals surface area contributed by atoms with Gasteiger partial charge in [0, 0.05) is 0 Å². The van der Waals surface area contributed by atoms with E-state index in [0.29, 0.717) is 0 Å². The maximum Gasteiger partial charge on any atom is 0.344 e. The zero-order chi connectivity index (χ0) is 15.0. The Bertz CT molecular complexity index is 572. The van der Waals surface area contributed by atoms with Crippen molar-refractivity contribution < 1.29 is 19.8 Å². The summed E-state index contributed by atoms with van der Waals surface area (Å²) >= 11 is 9.07. The Labute approximate surface area is 146 Å². The van der Waals surface area contributed by atoms with Crippen LogP contribution < -0.4 is 0 Å². The van der Waals surface area contributed by atoms with Crippen LogP contribution in [0, 0.1) is 0 Å². The molecule has 0 radical (unpaired) electrons. The molecule has 0 saturated heterocycles. The van der Waals surface area contributed by atoms with E-state index in [2.05, 4.69) is 0 Å². The Kier molecular flexibility index (Phi) is 5.22. The number of thioether (sulfide) groups is 6. The number of carboxylic acid groups (broad SMARTS) is 2. The minimum Gasteiger partial charge on any atom is -0.477 e. The summed E-state index contributed by atoms with van der Waals surface area (Å²) in [5, 5.41) is 18.3. The summed E-state index contributed by atoms with van der Waals surface area (Å²) in [5.41, 5.74) is 0. The Morgan fingerprint density at radius 1 is 0.714 bits per heavy atom. The summed E-state index contributed by atoms with van der Waals surface area (Å²) in [7, 11) is 0. The van der Waals surface area contributed by atoms with Crippen LogP contribution in [-0.4, -0.2) is 33.7 Å². The highest BCUT2D eigenvalue weighted by molar-refractivity contribution is 8.42. The van der Waals surface area contributed by atoms with Gasteiger partial charge in [-0.3, -0.25) is 0 Å². The largest absolute Gasteiger partial charge is 0.477 e. The van der Waals surface area contributed by atoms with Crippen molar-refractivity contribution in [1.82, 2.24) is 0 Å². The highest BCUT2D eigenvalue weighted by Crippen LogP contribution is 2.64. The van der Waals surface area contributed by atoms with Crippen molar-refractivity contribution >= 4 is 82.5 Å². The van der Waals surface area contributed by atoms with E-state index in [9.17, 15) is 9.59 Å². The topological polar surface area (TPSA) is 74.6 Å². The zero-order valence-corrected chi connectivity index (χ0v) is 15.2. The van der Waals surface area contributed by atoms with Crippen molar-refractivity contribution in [2.45, 2.75) is 6.42 Å². The van der Waals surface area contributed by atoms with Crippen LogP contribution in [0.5, 0.6) is 0 Å². The summed E-state index contributed by atoms with van der Waals surface area (Å²) in [5.74, 6) is -0.152. The lowest BCUT2D eigenvalue weighted by molar-refractivity contribution is -0.134. The molecule has 0 aromatic rings. The molecule has 0 atom stereocenters. The predicted octanol–water partition coefficient (Wildman–Crippen LogP) is 4.45. The molecule has 10 heteroatoms. The first kappa shape index (κ1) is 16.1. The van der Waals surface area contributed by atoms with E-state index in [1.807, 2.05) is 23.5 Å². The molecule has 0 saturated carbocycles. The van der Waals surface area contributed by atoms with Gasteiger partial charge in [-0.25, -0.2) is 9.59 Å². The van der Waals surface area contributed by atoms with Crippen LogP contribution in [0.15, 0.2) is 26.8 Å². The van der Waals surface area contributed by atoms with E-state index in [4.69, 9.17) is 10.2 Å². The van der Waals surface area contributed by atoms with Gasteiger partial charge in [-0.15, -0.1) is 23.5 Å². The lowest BCUT2D eigenvalue weighted by Gasteiger charge is -2.03. The van der Waals surface area contributed by atoms with Crippen LogP contribution in [0.4, 0.5) is 0 Å². The minimum absolute atomic E-state index is 0.0846. The van der Waals surface area contributed by atoms with Crippen molar-refractivity contribution in [3.63, 3.8) is 0 Å². The molecule has 21 heavy (non-hydrogen) atoms. The normalized spacial score (nSPS) is 22.7. The second-order valence-electron chi connectivity index (χ2n) is 3.88. The second-order valence-corrected chi connectivity index (χ2v) is 11.2. The zero-order valence-electron chi connectivity index (χ0n) is 10.3. The molecule has 0 aromatic heterocycles. The van der Waals surface area contributed by atoms with Gasteiger partial charge in [-0.2, -0.15) is 0 Å². The number of hydrogen-bond donors (Lipinski definition) is 2. The molecule has 0 fully saturated rings. The smallest absolute Gasteiger partial charge is 0.344 e. The van der Waals surface area contributed by atoms with Crippen LogP contribution in [0.2, 0.25) is 0 Å². The molecule has 0 spiro atoms. The van der Waals surface area contributed by atoms with Crippen LogP contribution in [-0.2, 0) is 9.59 Å². The highest BCUT2D eigenvalue weighted by Gasteiger charge is 2.35. The lowest BCUT2D eigenvalue weighted by Crippen LogP contribution is -2.03. The Hall–Kier alpha value is 0.260. The van der Waals surface area contributed by atoms with E-state index in [1.165, 1.54) is 14.9 Å². The molecule has 0 unspecified atom stereocenters. The molecule has 3 rings (SSSR count). The number of hydrogen-bond acceptors (Lipinski definition) is 8. The summed E-state index contributed by atoms with van der Waals surface area (Å²) in [6.45, 7) is 0. The van der Waals surface area contributed by atoms with Gasteiger partial charge >= 0.3 is 11.9 Å². The molecule has 0 aromatic carbocycles. The van der Waals surface area contributed by atoms with E-state index < -0.39 is 11.9 Å². The van der Waals surface area contributed by atoms with Crippen LogP contribution in [0.1, 0.15) is 6.42 Å². The lowest BCUT2D eigenvalue weighted by atomic mass is 10.5. The Morgan fingerprint density at radius 2 is 1.14 bits per heavy atom. The average molecular weight is 397 g/mol. The van der Waals surface area contributed by atoms with Crippen molar-refractivity contribution in [3.05, 3.63) is 26.8 Å². The van der Waals surface area contributed by atoms with Gasteiger partial charge in [0.2, 0.25) is 0 Å². The van der Waals surface area contributed by atoms with Gasteiger partial charge in [0.1, 0.15) is 9.81 Å². The van der Waals surface area contributed by atoms with Gasteiger partial charge in [-0.05, 0) is 17.9 Å². The number of rotatable bonds is 2. The quantitative estimate of drug-likeness (QED) is 0.699. The molecule has 3 aliphatic rings. The fraction of sp³-hybridized carbons (Fsp3) is 0.273. The summed E-state index contributed by atoms with van der Waals surface area (Å²) < 4.78 is 4.32. The summed E-state index contributed by atoms with van der Waals surface area (Å²) in [4.78, 5) is 22.2. The molecule has 2 N–H and O–H groups in total. The molecule has 3 aliphatic heterocycles. The summed E-state index contributed by atoms with van der Waals surface area (Å²) in [6, 6.07) is 0. The first-order chi connectivity index (χ1) is 10.1. The molecular weight excluding hydrogens is 389 g/mol. The molecule has 0 bridgehead atoms. The third-order valence-electron chi connectivity index (χ3n) is 2.44. The molecule has 4 nitrogen and oxygen atoms in total. The third kappa shape index (κ3) is 3.45. The monoisotopic (exact) mass is 396 g/mol. The molecule has 0 amide bonds.